The molecule has 1 atom stereocenters. The van der Waals surface area contributed by atoms with Gasteiger partial charge in [0.15, 0.2) is 0 Å². The third kappa shape index (κ3) is 1.52. The molecule has 1 N–H and O–H groups in total. The van der Waals surface area contributed by atoms with Crippen LogP contribution in [0.2, 0.25) is 0 Å². The van der Waals surface area contributed by atoms with Crippen molar-refractivity contribution in [3.63, 3.8) is 0 Å². The summed E-state index contributed by atoms with van der Waals surface area (Å²) in [6.07, 6.45) is 0.0805. The predicted octanol–water partition coefficient (Wildman–Crippen LogP) is 1.40. The SMILES string of the molecule is Cc1ccc2oc(=O)c3c(c2c1)OC(CO)C3. The molecular weight excluding hydrogens is 220 g/mol. The fraction of sp³-hybridized carbons (Fsp3) is 0.308. The second-order valence-corrected chi connectivity index (χ2v) is 4.32. The van der Waals surface area contributed by atoms with Crippen LogP contribution in [0.25, 0.3) is 11.0 Å². The number of aliphatic hydroxyl groups is 1. The van der Waals surface area contributed by atoms with Crippen LogP contribution < -0.4 is 10.4 Å². The molecule has 0 amide bonds. The summed E-state index contributed by atoms with van der Waals surface area (Å²) < 4.78 is 10.8. The van der Waals surface area contributed by atoms with Crippen LogP contribution in [0.4, 0.5) is 0 Å². The molecule has 0 aliphatic carbocycles. The van der Waals surface area contributed by atoms with Crippen molar-refractivity contribution in [2.24, 2.45) is 0 Å². The van der Waals surface area contributed by atoms with Crippen LogP contribution in [0.3, 0.4) is 0 Å². The molecule has 17 heavy (non-hydrogen) atoms. The molecule has 1 aliphatic rings. The third-order valence-electron chi connectivity index (χ3n) is 3.02. The zero-order valence-corrected chi connectivity index (χ0v) is 9.40. The second-order valence-electron chi connectivity index (χ2n) is 4.32. The third-order valence-corrected chi connectivity index (χ3v) is 3.02. The Morgan fingerprint density at radius 3 is 3.06 bits per heavy atom. The lowest BCUT2D eigenvalue weighted by Crippen LogP contribution is -2.18. The zero-order chi connectivity index (χ0) is 12.0. The van der Waals surface area contributed by atoms with E-state index in [4.69, 9.17) is 14.3 Å². The summed E-state index contributed by atoms with van der Waals surface area (Å²) in [7, 11) is 0. The van der Waals surface area contributed by atoms with Gasteiger partial charge >= 0.3 is 5.63 Å². The topological polar surface area (TPSA) is 59.7 Å². The average molecular weight is 232 g/mol. The Morgan fingerprint density at radius 1 is 1.47 bits per heavy atom. The van der Waals surface area contributed by atoms with Crippen LogP contribution in [0.1, 0.15) is 11.1 Å². The Labute approximate surface area is 97.4 Å². The molecule has 2 heterocycles. The van der Waals surface area contributed by atoms with Gasteiger partial charge in [-0.1, -0.05) is 11.6 Å². The Hall–Kier alpha value is -1.81. The van der Waals surface area contributed by atoms with Crippen LogP contribution in [0, 0.1) is 6.92 Å². The van der Waals surface area contributed by atoms with Gasteiger partial charge in [-0.3, -0.25) is 0 Å². The molecule has 3 rings (SSSR count). The zero-order valence-electron chi connectivity index (χ0n) is 9.40. The van der Waals surface area contributed by atoms with E-state index in [-0.39, 0.29) is 18.3 Å². The largest absolute Gasteiger partial charge is 0.486 e. The van der Waals surface area contributed by atoms with Crippen molar-refractivity contribution in [3.05, 3.63) is 39.7 Å². The maximum atomic E-state index is 11.7. The summed E-state index contributed by atoms with van der Waals surface area (Å²) in [5, 5.41) is 9.90. The van der Waals surface area contributed by atoms with Crippen molar-refractivity contribution < 1.29 is 14.3 Å². The summed E-state index contributed by atoms with van der Waals surface area (Å²) in [6, 6.07) is 5.58. The van der Waals surface area contributed by atoms with Crippen LogP contribution in [0.15, 0.2) is 27.4 Å². The monoisotopic (exact) mass is 232 g/mol. The van der Waals surface area contributed by atoms with E-state index in [1.807, 2.05) is 19.1 Å². The van der Waals surface area contributed by atoms with E-state index in [2.05, 4.69) is 0 Å². The maximum Gasteiger partial charge on any atom is 0.343 e. The van der Waals surface area contributed by atoms with Gasteiger partial charge in [-0.25, -0.2) is 4.79 Å². The molecule has 4 heteroatoms. The van der Waals surface area contributed by atoms with E-state index in [0.29, 0.717) is 23.3 Å². The lowest BCUT2D eigenvalue weighted by atomic mass is 10.1. The Morgan fingerprint density at radius 2 is 2.29 bits per heavy atom. The summed E-state index contributed by atoms with van der Waals surface area (Å²) in [6.45, 7) is 1.87. The number of aryl methyl sites for hydroxylation is 1. The molecule has 0 spiro atoms. The summed E-state index contributed by atoms with van der Waals surface area (Å²) in [4.78, 5) is 11.7. The number of rotatable bonds is 1. The summed E-state index contributed by atoms with van der Waals surface area (Å²) >= 11 is 0. The minimum atomic E-state index is -0.368. The highest BCUT2D eigenvalue weighted by Gasteiger charge is 2.28. The normalized spacial score (nSPS) is 18.1. The van der Waals surface area contributed by atoms with Crippen molar-refractivity contribution >= 4 is 11.0 Å². The first-order valence-corrected chi connectivity index (χ1v) is 5.53. The highest BCUT2D eigenvalue weighted by molar-refractivity contribution is 5.85. The first-order valence-electron chi connectivity index (χ1n) is 5.53. The first-order chi connectivity index (χ1) is 8.19. The highest BCUT2D eigenvalue weighted by Crippen LogP contribution is 2.34. The van der Waals surface area contributed by atoms with Gasteiger partial charge in [0, 0.05) is 6.42 Å². The van der Waals surface area contributed by atoms with Gasteiger partial charge in [0.2, 0.25) is 0 Å². The van der Waals surface area contributed by atoms with Crippen molar-refractivity contribution in [3.8, 4) is 5.75 Å². The highest BCUT2D eigenvalue weighted by atomic mass is 16.5. The van der Waals surface area contributed by atoms with Gasteiger partial charge < -0.3 is 14.3 Å². The molecule has 0 saturated carbocycles. The molecule has 4 nitrogen and oxygen atoms in total. The van der Waals surface area contributed by atoms with Gasteiger partial charge in [-0.05, 0) is 19.1 Å². The molecule has 0 bridgehead atoms. The van der Waals surface area contributed by atoms with Gasteiger partial charge in [-0.15, -0.1) is 0 Å². The van der Waals surface area contributed by atoms with Crippen molar-refractivity contribution in [2.75, 3.05) is 6.61 Å². The van der Waals surface area contributed by atoms with Gasteiger partial charge in [0.05, 0.1) is 17.6 Å². The molecule has 1 aromatic heterocycles. The lowest BCUT2D eigenvalue weighted by molar-refractivity contribution is 0.136. The quantitative estimate of drug-likeness (QED) is 0.755. The maximum absolute atomic E-state index is 11.7. The molecule has 0 radical (unpaired) electrons. The molecule has 1 aliphatic heterocycles. The Bertz CT molecular complexity index is 642. The van der Waals surface area contributed by atoms with Crippen molar-refractivity contribution in [1.82, 2.24) is 0 Å². The smallest absolute Gasteiger partial charge is 0.343 e. The molecular formula is C13H12O4. The van der Waals surface area contributed by atoms with Crippen molar-refractivity contribution in [2.45, 2.75) is 19.4 Å². The number of hydrogen-bond acceptors (Lipinski definition) is 4. The number of fused-ring (bicyclic) bond motifs is 3. The van der Waals surface area contributed by atoms with E-state index in [1.54, 1.807) is 6.07 Å². The predicted molar refractivity (Wildman–Crippen MR) is 62.4 cm³/mol. The lowest BCUT2D eigenvalue weighted by Gasteiger charge is -2.07. The molecule has 1 aromatic carbocycles. The number of ether oxygens (including phenoxy) is 1. The number of hydrogen-bond donors (Lipinski definition) is 1. The summed E-state index contributed by atoms with van der Waals surface area (Å²) in [5.41, 5.74) is 1.76. The fourth-order valence-corrected chi connectivity index (χ4v) is 2.18. The molecule has 2 aromatic rings. The van der Waals surface area contributed by atoms with E-state index in [1.165, 1.54) is 0 Å². The van der Waals surface area contributed by atoms with E-state index in [0.717, 1.165) is 10.9 Å². The number of benzene rings is 1. The molecule has 0 saturated heterocycles. The minimum Gasteiger partial charge on any atom is -0.486 e. The van der Waals surface area contributed by atoms with Crippen LogP contribution in [0.5, 0.6) is 5.75 Å². The van der Waals surface area contributed by atoms with E-state index >= 15 is 0 Å². The van der Waals surface area contributed by atoms with Crippen LogP contribution >= 0.6 is 0 Å². The van der Waals surface area contributed by atoms with Crippen molar-refractivity contribution in [1.29, 1.82) is 0 Å². The van der Waals surface area contributed by atoms with Crippen LogP contribution in [-0.4, -0.2) is 17.8 Å². The van der Waals surface area contributed by atoms with Crippen LogP contribution in [-0.2, 0) is 6.42 Å². The van der Waals surface area contributed by atoms with E-state index < -0.39 is 0 Å². The summed E-state index contributed by atoms with van der Waals surface area (Å²) in [5.74, 6) is 0.569. The fourth-order valence-electron chi connectivity index (χ4n) is 2.18. The number of aliphatic hydroxyl groups excluding tert-OH is 1. The van der Waals surface area contributed by atoms with Gasteiger partial charge in [-0.2, -0.15) is 0 Å². The molecule has 1 unspecified atom stereocenters. The van der Waals surface area contributed by atoms with Gasteiger partial charge in [0.25, 0.3) is 0 Å². The molecule has 88 valence electrons. The first kappa shape index (κ1) is 10.4. The van der Waals surface area contributed by atoms with E-state index in [9.17, 15) is 4.79 Å². The van der Waals surface area contributed by atoms with Gasteiger partial charge in [0.1, 0.15) is 17.4 Å². The second kappa shape index (κ2) is 3.60. The molecule has 0 fully saturated rings. The standard InChI is InChI=1S/C13H12O4/c1-7-2-3-11-9(4-7)12-10(13(15)17-11)5-8(6-14)16-12/h2-4,8,14H,5-6H2,1H3. The average Bonchev–Trinajstić information content (AvgIpc) is 2.75. The minimum absolute atomic E-state index is 0.0958. The Balaban J connectivity index is 2.32. The Kier molecular flexibility index (Phi) is 2.19.